The molecule has 3 aromatic rings. The van der Waals surface area contributed by atoms with E-state index in [9.17, 15) is 24.7 Å². The van der Waals surface area contributed by atoms with Gasteiger partial charge in [0.25, 0.3) is 0 Å². The minimum atomic E-state index is -1.21. The quantitative estimate of drug-likeness (QED) is 0.0790. The molecule has 2 saturated heterocycles. The van der Waals surface area contributed by atoms with Crippen LogP contribution in [0.5, 0.6) is 0 Å². The fourth-order valence-corrected chi connectivity index (χ4v) is 5.92. The highest BCUT2D eigenvalue weighted by molar-refractivity contribution is 5.92. The predicted molar refractivity (Wildman–Crippen MR) is 191 cm³/mol. The van der Waals surface area contributed by atoms with E-state index in [-0.39, 0.29) is 32.7 Å². The third-order valence-corrected chi connectivity index (χ3v) is 8.84. The van der Waals surface area contributed by atoms with Gasteiger partial charge >= 0.3 is 5.97 Å². The van der Waals surface area contributed by atoms with Gasteiger partial charge in [-0.15, -0.1) is 0 Å². The molecule has 54 heavy (non-hydrogen) atoms. The van der Waals surface area contributed by atoms with Gasteiger partial charge in [-0.2, -0.15) is 0 Å². The van der Waals surface area contributed by atoms with Crippen molar-refractivity contribution < 1.29 is 47.6 Å². The number of carbonyl (C=O) groups is 4. The number of benzene rings is 3. The number of nitrogens with two attached hydrogens (primary N) is 1. The number of rotatable bonds is 17. The molecule has 0 saturated carbocycles. The summed E-state index contributed by atoms with van der Waals surface area (Å²) in [6, 6.07) is 24.2. The normalized spacial score (nSPS) is 23.7. The van der Waals surface area contributed by atoms with Gasteiger partial charge in [-0.25, -0.2) is 0 Å². The molecule has 0 radical (unpaired) electrons. The molecule has 0 aliphatic carbocycles. The number of esters is 1. The number of nitrogens with zero attached hydrogens (tertiary/aromatic N) is 3. The molecule has 2 fully saturated rings. The summed E-state index contributed by atoms with van der Waals surface area (Å²) in [6.45, 7) is 3.16. The van der Waals surface area contributed by atoms with Crippen molar-refractivity contribution in [3.63, 3.8) is 0 Å². The number of ether oxygens (including phenoxy) is 6. The Morgan fingerprint density at radius 3 is 2.15 bits per heavy atom. The third kappa shape index (κ3) is 11.1. The molecule has 16 heteroatoms. The van der Waals surface area contributed by atoms with Crippen LogP contribution in [0, 0.1) is 0 Å². The van der Waals surface area contributed by atoms with E-state index < -0.39 is 78.8 Å². The highest BCUT2D eigenvalue weighted by atomic mass is 16.8. The van der Waals surface area contributed by atoms with Gasteiger partial charge in [-0.3, -0.25) is 19.2 Å². The summed E-state index contributed by atoms with van der Waals surface area (Å²) >= 11 is 0. The second-order valence-electron chi connectivity index (χ2n) is 12.8. The summed E-state index contributed by atoms with van der Waals surface area (Å²) in [5.41, 5.74) is 17.5. The maximum absolute atomic E-state index is 13.5. The molecule has 16 nitrogen and oxygen atoms in total. The highest BCUT2D eigenvalue weighted by Crippen LogP contribution is 2.37. The van der Waals surface area contributed by atoms with E-state index >= 15 is 0 Å². The number of carbonyl (C=O) groups excluding carboxylic acids is 4. The van der Waals surface area contributed by atoms with Gasteiger partial charge in [-0.05, 0) is 36.9 Å². The molecule has 2 aliphatic rings. The number of azide groups is 1. The molecule has 2 heterocycles. The first kappa shape index (κ1) is 39.8. The molecular formula is C38H44N6O10. The summed E-state index contributed by atoms with van der Waals surface area (Å²) in [5, 5.41) is 9.03. The fourth-order valence-electron chi connectivity index (χ4n) is 5.92. The smallest absolute Gasteiger partial charge is 0.306 e. The first-order valence-corrected chi connectivity index (χ1v) is 17.5. The zero-order valence-electron chi connectivity index (χ0n) is 29.9. The fraction of sp³-hybridized carbons (Fsp3) is 0.421. The van der Waals surface area contributed by atoms with Crippen LogP contribution in [-0.2, 0) is 60.8 Å². The lowest BCUT2D eigenvalue weighted by molar-refractivity contribution is -0.349. The van der Waals surface area contributed by atoms with E-state index in [0.29, 0.717) is 0 Å². The Morgan fingerprint density at radius 1 is 0.889 bits per heavy atom. The van der Waals surface area contributed by atoms with Gasteiger partial charge < -0.3 is 44.8 Å². The van der Waals surface area contributed by atoms with E-state index in [4.69, 9.17) is 34.2 Å². The Bertz CT molecular complexity index is 1750. The molecule has 2 aliphatic heterocycles. The number of hydrogen-bond acceptors (Lipinski definition) is 11. The molecular weight excluding hydrogens is 700 g/mol. The molecule has 286 valence electrons. The summed E-state index contributed by atoms with van der Waals surface area (Å²) in [5.74, 6) is -2.84. The summed E-state index contributed by atoms with van der Waals surface area (Å²) in [6.07, 6.45) is -6.01. The van der Waals surface area contributed by atoms with Crippen LogP contribution in [0.1, 0.15) is 49.7 Å². The number of amides is 3. The minimum absolute atomic E-state index is 0.0599. The lowest BCUT2D eigenvalue weighted by Crippen LogP contribution is -2.63. The summed E-state index contributed by atoms with van der Waals surface area (Å²) in [7, 11) is 0. The molecule has 0 unspecified atom stereocenters. The summed E-state index contributed by atoms with van der Waals surface area (Å²) < 4.78 is 36.2. The van der Waals surface area contributed by atoms with Gasteiger partial charge in [0.05, 0.1) is 13.2 Å². The SMILES string of the molecule is C[C@H](NC(=O)[C@@H](C)O[C@@H]1[C@@H](N=[N+]=[N-])[C@@H](OCc2ccccc2)O[C@@H]2CO[C@@H](c3ccccc3)O[C@@H]12)C(=O)N[C@H](CCC(=O)OCc1ccccc1)C(N)=O. The number of nitrogens with one attached hydrogen (secondary N) is 2. The molecule has 4 N–H and O–H groups in total. The van der Waals surface area contributed by atoms with Crippen LogP contribution in [0.3, 0.4) is 0 Å². The van der Waals surface area contributed by atoms with Crippen molar-refractivity contribution in [3.8, 4) is 0 Å². The number of primary amides is 1. The third-order valence-electron chi connectivity index (χ3n) is 8.84. The van der Waals surface area contributed by atoms with Gasteiger partial charge in [-0.1, -0.05) is 96.1 Å². The molecule has 3 aromatic carbocycles. The van der Waals surface area contributed by atoms with Crippen molar-refractivity contribution in [2.45, 2.75) is 95.0 Å². The van der Waals surface area contributed by atoms with Gasteiger partial charge in [0, 0.05) is 16.9 Å². The molecule has 0 spiro atoms. The molecule has 0 aromatic heterocycles. The van der Waals surface area contributed by atoms with Crippen molar-refractivity contribution in [2.75, 3.05) is 6.61 Å². The van der Waals surface area contributed by atoms with Crippen LogP contribution < -0.4 is 16.4 Å². The van der Waals surface area contributed by atoms with Crippen LogP contribution >= 0.6 is 0 Å². The van der Waals surface area contributed by atoms with Gasteiger partial charge in [0.2, 0.25) is 17.7 Å². The predicted octanol–water partition coefficient (Wildman–Crippen LogP) is 3.49. The van der Waals surface area contributed by atoms with Crippen molar-refractivity contribution in [1.29, 1.82) is 0 Å². The van der Waals surface area contributed by atoms with Crippen LogP contribution in [0.2, 0.25) is 0 Å². The Balaban J connectivity index is 1.22. The lowest BCUT2D eigenvalue weighted by Gasteiger charge is -2.48. The van der Waals surface area contributed by atoms with Crippen molar-refractivity contribution in [2.24, 2.45) is 10.8 Å². The lowest BCUT2D eigenvalue weighted by atomic mass is 9.95. The zero-order chi connectivity index (χ0) is 38.5. The van der Waals surface area contributed by atoms with Crippen molar-refractivity contribution in [1.82, 2.24) is 10.6 Å². The van der Waals surface area contributed by atoms with E-state index in [0.717, 1.165) is 16.7 Å². The van der Waals surface area contributed by atoms with Gasteiger partial charge in [0.1, 0.15) is 49.1 Å². The topological polar surface area (TPSA) is 222 Å². The van der Waals surface area contributed by atoms with Gasteiger partial charge in [0.15, 0.2) is 12.6 Å². The maximum atomic E-state index is 13.5. The van der Waals surface area contributed by atoms with Crippen LogP contribution in [-0.4, -0.2) is 79.1 Å². The molecule has 9 atom stereocenters. The monoisotopic (exact) mass is 744 g/mol. The van der Waals surface area contributed by atoms with E-state index in [2.05, 4.69) is 20.7 Å². The van der Waals surface area contributed by atoms with Crippen molar-refractivity contribution >= 4 is 23.7 Å². The van der Waals surface area contributed by atoms with Crippen LogP contribution in [0.4, 0.5) is 0 Å². The second kappa shape index (κ2) is 19.6. The average molecular weight is 745 g/mol. The standard InChI is InChI=1S/C38H44N6O10/c1-23(35(47)42-28(34(39)46)18-19-30(45)49-20-25-12-6-3-7-13-25)41-36(48)24(2)52-33-31(43-44-40)38(50-21-26-14-8-4-9-15-26)53-29-22-51-37(54-32(29)33)27-16-10-5-11-17-27/h3-17,23-24,28-29,31-33,37-38H,18-22H2,1-2H3,(H2,39,46)(H,41,48)(H,42,47)/t23-,24+,28+,29+,31+,32+,33+,37+,38-/m0/s1. The first-order chi connectivity index (χ1) is 26.1. The molecule has 3 amide bonds. The number of hydrogen-bond donors (Lipinski definition) is 3. The maximum Gasteiger partial charge on any atom is 0.306 e. The minimum Gasteiger partial charge on any atom is -0.461 e. The number of fused-ring (bicyclic) bond motifs is 1. The Kier molecular flexibility index (Phi) is 14.5. The highest BCUT2D eigenvalue weighted by Gasteiger charge is 2.52. The summed E-state index contributed by atoms with van der Waals surface area (Å²) in [4.78, 5) is 54.0. The van der Waals surface area contributed by atoms with Crippen LogP contribution in [0.15, 0.2) is 96.1 Å². The van der Waals surface area contributed by atoms with E-state index in [1.807, 2.05) is 78.9 Å². The molecule has 0 bridgehead atoms. The zero-order valence-corrected chi connectivity index (χ0v) is 29.9. The largest absolute Gasteiger partial charge is 0.461 e. The van der Waals surface area contributed by atoms with Crippen molar-refractivity contribution in [3.05, 3.63) is 118 Å². The second-order valence-corrected chi connectivity index (χ2v) is 12.8. The van der Waals surface area contributed by atoms with Crippen LogP contribution in [0.25, 0.3) is 10.4 Å². The average Bonchev–Trinajstić information content (AvgIpc) is 3.19. The first-order valence-electron chi connectivity index (χ1n) is 17.5. The van der Waals surface area contributed by atoms with E-state index in [1.54, 1.807) is 12.1 Å². The van der Waals surface area contributed by atoms with E-state index in [1.165, 1.54) is 13.8 Å². The Morgan fingerprint density at radius 2 is 1.52 bits per heavy atom. The Hall–Kier alpha value is -5.35. The molecule has 5 rings (SSSR count). The Labute approximate surface area is 312 Å².